The summed E-state index contributed by atoms with van der Waals surface area (Å²) in [5, 5.41) is 4.22. The van der Waals surface area contributed by atoms with Crippen molar-refractivity contribution in [3.8, 4) is 0 Å². The van der Waals surface area contributed by atoms with Gasteiger partial charge in [-0.05, 0) is 42.9 Å². The number of hydrogen-bond acceptors (Lipinski definition) is 3. The molecular weight excluding hydrogens is 357 g/mol. The van der Waals surface area contributed by atoms with Crippen molar-refractivity contribution in [2.75, 3.05) is 43.4 Å². The smallest absolute Gasteiger partial charge is 0.228 e. The fourth-order valence-corrected chi connectivity index (χ4v) is 3.31. The lowest BCUT2D eigenvalue weighted by Gasteiger charge is -2.34. The maximum atomic E-state index is 12.2. The van der Waals surface area contributed by atoms with E-state index >= 15 is 0 Å². The number of likely N-dealkylation sites (N-methyl/N-ethyl adjacent to an activating group) is 1. The fraction of sp³-hybridized carbons (Fsp3) is 0.316. The molecule has 1 amide bonds. The molecule has 1 aliphatic heterocycles. The van der Waals surface area contributed by atoms with Gasteiger partial charge < -0.3 is 15.1 Å². The molecule has 0 aliphatic carbocycles. The predicted molar refractivity (Wildman–Crippen MR) is 105 cm³/mol. The highest BCUT2D eigenvalue weighted by Crippen LogP contribution is 2.29. The van der Waals surface area contributed by atoms with Gasteiger partial charge in [-0.2, -0.15) is 0 Å². The molecule has 0 bridgehead atoms. The van der Waals surface area contributed by atoms with Gasteiger partial charge >= 0.3 is 0 Å². The summed E-state index contributed by atoms with van der Waals surface area (Å²) in [6.07, 6.45) is 0.301. The van der Waals surface area contributed by atoms with Crippen LogP contribution in [0.2, 0.25) is 10.0 Å². The van der Waals surface area contributed by atoms with Gasteiger partial charge in [0.05, 0.1) is 17.1 Å². The number of nitrogens with zero attached hydrogens (tertiary/aromatic N) is 2. The van der Waals surface area contributed by atoms with E-state index in [0.717, 1.165) is 37.4 Å². The molecule has 2 aromatic carbocycles. The maximum absolute atomic E-state index is 12.2. The third kappa shape index (κ3) is 4.88. The van der Waals surface area contributed by atoms with Gasteiger partial charge in [0.15, 0.2) is 0 Å². The molecule has 0 atom stereocenters. The quantitative estimate of drug-likeness (QED) is 0.876. The largest absolute Gasteiger partial charge is 0.368 e. The van der Waals surface area contributed by atoms with Crippen molar-refractivity contribution in [2.24, 2.45) is 0 Å². The number of nitrogens with one attached hydrogen (secondary N) is 1. The van der Waals surface area contributed by atoms with Gasteiger partial charge in [-0.3, -0.25) is 4.79 Å². The Morgan fingerprint density at radius 2 is 1.72 bits per heavy atom. The van der Waals surface area contributed by atoms with E-state index in [1.165, 1.54) is 0 Å². The van der Waals surface area contributed by atoms with Gasteiger partial charge in [-0.1, -0.05) is 35.3 Å². The number of piperazine rings is 1. The number of rotatable bonds is 4. The van der Waals surface area contributed by atoms with Gasteiger partial charge in [0.2, 0.25) is 5.91 Å². The first-order chi connectivity index (χ1) is 12.0. The molecule has 3 rings (SSSR count). The van der Waals surface area contributed by atoms with Gasteiger partial charge in [0.1, 0.15) is 0 Å². The SMILES string of the molecule is CN1CCN(c2ccc(NC(=O)Cc3ccc(Cl)cc3)cc2Cl)CC1. The zero-order chi connectivity index (χ0) is 17.8. The van der Waals surface area contributed by atoms with E-state index in [-0.39, 0.29) is 5.91 Å². The lowest BCUT2D eigenvalue weighted by molar-refractivity contribution is -0.115. The monoisotopic (exact) mass is 377 g/mol. The van der Waals surface area contributed by atoms with E-state index in [1.54, 1.807) is 12.1 Å². The minimum absolute atomic E-state index is 0.0780. The Bertz CT molecular complexity index is 741. The summed E-state index contributed by atoms with van der Waals surface area (Å²) < 4.78 is 0. The molecule has 0 spiro atoms. The Balaban J connectivity index is 1.62. The summed E-state index contributed by atoms with van der Waals surface area (Å²) in [4.78, 5) is 16.8. The number of benzene rings is 2. The van der Waals surface area contributed by atoms with Crippen molar-refractivity contribution in [1.29, 1.82) is 0 Å². The first-order valence-corrected chi connectivity index (χ1v) is 9.04. The summed E-state index contributed by atoms with van der Waals surface area (Å²) in [5.41, 5.74) is 2.65. The van der Waals surface area contributed by atoms with Gasteiger partial charge in [0, 0.05) is 36.9 Å². The number of hydrogen-bond donors (Lipinski definition) is 1. The molecule has 0 unspecified atom stereocenters. The van der Waals surface area contributed by atoms with Crippen LogP contribution in [0.1, 0.15) is 5.56 Å². The summed E-state index contributed by atoms with van der Waals surface area (Å²) in [6, 6.07) is 13.0. The molecule has 25 heavy (non-hydrogen) atoms. The van der Waals surface area contributed by atoms with E-state index in [9.17, 15) is 4.79 Å². The van der Waals surface area contributed by atoms with E-state index in [4.69, 9.17) is 23.2 Å². The molecule has 0 radical (unpaired) electrons. The Labute approximate surface area is 158 Å². The van der Waals surface area contributed by atoms with Crippen LogP contribution in [0.3, 0.4) is 0 Å². The molecule has 0 aromatic heterocycles. The minimum atomic E-state index is -0.0780. The first kappa shape index (κ1) is 18.1. The molecule has 1 N–H and O–H groups in total. The highest BCUT2D eigenvalue weighted by molar-refractivity contribution is 6.33. The normalized spacial score (nSPS) is 15.2. The molecule has 1 fully saturated rings. The van der Waals surface area contributed by atoms with Crippen LogP contribution in [-0.2, 0) is 11.2 Å². The van der Waals surface area contributed by atoms with Crippen LogP contribution in [0.4, 0.5) is 11.4 Å². The second kappa shape index (κ2) is 8.09. The van der Waals surface area contributed by atoms with E-state index in [0.29, 0.717) is 22.2 Å². The van der Waals surface area contributed by atoms with Crippen molar-refractivity contribution in [3.05, 3.63) is 58.1 Å². The number of carbonyl (C=O) groups is 1. The second-order valence-corrected chi connectivity index (χ2v) is 7.15. The first-order valence-electron chi connectivity index (χ1n) is 8.28. The van der Waals surface area contributed by atoms with Crippen molar-refractivity contribution >= 4 is 40.5 Å². The molecule has 132 valence electrons. The topological polar surface area (TPSA) is 35.6 Å². The summed E-state index contributed by atoms with van der Waals surface area (Å²) in [6.45, 7) is 3.96. The molecule has 2 aromatic rings. The summed E-state index contributed by atoms with van der Waals surface area (Å²) in [7, 11) is 2.12. The Morgan fingerprint density at radius 1 is 1.04 bits per heavy atom. The van der Waals surface area contributed by atoms with Crippen molar-refractivity contribution in [2.45, 2.75) is 6.42 Å². The highest BCUT2D eigenvalue weighted by atomic mass is 35.5. The molecule has 1 saturated heterocycles. The van der Waals surface area contributed by atoms with Crippen molar-refractivity contribution < 1.29 is 4.79 Å². The van der Waals surface area contributed by atoms with Crippen LogP contribution in [0.5, 0.6) is 0 Å². The Hall–Kier alpha value is -1.75. The van der Waals surface area contributed by atoms with E-state index in [1.807, 2.05) is 30.3 Å². The fourth-order valence-electron chi connectivity index (χ4n) is 2.88. The third-order valence-corrected chi connectivity index (χ3v) is 4.91. The zero-order valence-electron chi connectivity index (χ0n) is 14.1. The summed E-state index contributed by atoms with van der Waals surface area (Å²) >= 11 is 12.3. The number of amides is 1. The molecular formula is C19H21Cl2N3O. The van der Waals surface area contributed by atoms with Crippen LogP contribution < -0.4 is 10.2 Å². The molecule has 4 nitrogen and oxygen atoms in total. The summed E-state index contributed by atoms with van der Waals surface area (Å²) in [5.74, 6) is -0.0780. The molecule has 0 saturated carbocycles. The molecule has 1 heterocycles. The Kier molecular flexibility index (Phi) is 5.84. The molecule has 1 aliphatic rings. The van der Waals surface area contributed by atoms with Crippen molar-refractivity contribution in [1.82, 2.24) is 4.90 Å². The van der Waals surface area contributed by atoms with Gasteiger partial charge in [-0.15, -0.1) is 0 Å². The second-order valence-electron chi connectivity index (χ2n) is 6.31. The lowest BCUT2D eigenvalue weighted by atomic mass is 10.1. The number of halogens is 2. The van der Waals surface area contributed by atoms with E-state index < -0.39 is 0 Å². The van der Waals surface area contributed by atoms with E-state index in [2.05, 4.69) is 22.2 Å². The standard InChI is InChI=1S/C19H21Cl2N3O/c1-23-8-10-24(11-9-23)18-7-6-16(13-17(18)21)22-19(25)12-14-2-4-15(20)5-3-14/h2-7,13H,8-12H2,1H3,(H,22,25). The molecule has 6 heteroatoms. The van der Waals surface area contributed by atoms with Crippen LogP contribution >= 0.6 is 23.2 Å². The number of carbonyl (C=O) groups excluding carboxylic acids is 1. The third-order valence-electron chi connectivity index (χ3n) is 4.35. The maximum Gasteiger partial charge on any atom is 0.228 e. The highest BCUT2D eigenvalue weighted by Gasteiger charge is 2.17. The van der Waals surface area contributed by atoms with Crippen LogP contribution in [-0.4, -0.2) is 44.0 Å². The van der Waals surface area contributed by atoms with Crippen molar-refractivity contribution in [3.63, 3.8) is 0 Å². The minimum Gasteiger partial charge on any atom is -0.368 e. The predicted octanol–water partition coefficient (Wildman–Crippen LogP) is 3.93. The van der Waals surface area contributed by atoms with Crippen LogP contribution in [0, 0.1) is 0 Å². The average molecular weight is 378 g/mol. The zero-order valence-corrected chi connectivity index (χ0v) is 15.6. The number of anilines is 2. The van der Waals surface area contributed by atoms with Crippen LogP contribution in [0.25, 0.3) is 0 Å². The average Bonchev–Trinajstić information content (AvgIpc) is 2.58. The Morgan fingerprint density at radius 3 is 2.36 bits per heavy atom. The van der Waals surface area contributed by atoms with Crippen LogP contribution in [0.15, 0.2) is 42.5 Å². The lowest BCUT2D eigenvalue weighted by Crippen LogP contribution is -2.44. The van der Waals surface area contributed by atoms with Gasteiger partial charge in [-0.25, -0.2) is 0 Å². The van der Waals surface area contributed by atoms with Gasteiger partial charge in [0.25, 0.3) is 0 Å².